The van der Waals surface area contributed by atoms with Gasteiger partial charge in [-0.15, -0.1) is 0 Å². The Morgan fingerprint density at radius 2 is 2.20 bits per heavy atom. The first-order chi connectivity index (χ1) is 9.65. The molecule has 0 saturated carbocycles. The van der Waals surface area contributed by atoms with E-state index in [9.17, 15) is 4.79 Å². The number of halogens is 2. The van der Waals surface area contributed by atoms with Gasteiger partial charge in [-0.25, -0.2) is 0 Å². The molecule has 0 spiro atoms. The van der Waals surface area contributed by atoms with Crippen LogP contribution in [-0.4, -0.2) is 17.4 Å². The molecule has 5 heteroatoms. The zero-order valence-corrected chi connectivity index (χ0v) is 12.0. The van der Waals surface area contributed by atoms with Crippen LogP contribution in [0.2, 0.25) is 10.0 Å². The number of aromatic nitrogens is 1. The van der Waals surface area contributed by atoms with Gasteiger partial charge in [0.05, 0.1) is 11.6 Å². The van der Waals surface area contributed by atoms with Crippen molar-refractivity contribution in [1.82, 2.24) is 4.98 Å². The summed E-state index contributed by atoms with van der Waals surface area (Å²) in [6, 6.07) is 5.28. The molecule has 0 atom stereocenters. The molecule has 0 unspecified atom stereocenters. The summed E-state index contributed by atoms with van der Waals surface area (Å²) in [6.45, 7) is 0.632. The topological polar surface area (TPSA) is 39.2 Å². The molecular formula is C15H11Cl2NO2. The monoisotopic (exact) mass is 307 g/mol. The van der Waals surface area contributed by atoms with Crippen LogP contribution in [0.5, 0.6) is 5.75 Å². The van der Waals surface area contributed by atoms with Gasteiger partial charge in [0.15, 0.2) is 5.78 Å². The Morgan fingerprint density at radius 1 is 1.35 bits per heavy atom. The van der Waals surface area contributed by atoms with E-state index in [-0.39, 0.29) is 12.2 Å². The number of fused-ring (bicyclic) bond motifs is 1. The third-order valence-corrected chi connectivity index (χ3v) is 3.77. The van der Waals surface area contributed by atoms with E-state index < -0.39 is 0 Å². The van der Waals surface area contributed by atoms with E-state index in [1.807, 2.05) is 6.07 Å². The van der Waals surface area contributed by atoms with Crippen molar-refractivity contribution in [2.45, 2.75) is 12.8 Å². The average Bonchev–Trinajstić information content (AvgIpc) is 2.87. The first-order valence-corrected chi connectivity index (χ1v) is 6.97. The first kappa shape index (κ1) is 13.4. The molecule has 0 radical (unpaired) electrons. The molecule has 1 aromatic carbocycles. The molecule has 2 aromatic rings. The van der Waals surface area contributed by atoms with Crippen LogP contribution in [0.1, 0.15) is 21.5 Å². The SMILES string of the molecule is O=C(Cc1cc(Cl)cc2c1OCC2)c1ccncc1Cl. The molecule has 1 aromatic heterocycles. The largest absolute Gasteiger partial charge is 0.493 e. The van der Waals surface area contributed by atoms with Crippen molar-refractivity contribution >= 4 is 29.0 Å². The Labute approximate surface area is 126 Å². The fraction of sp³-hybridized carbons (Fsp3) is 0.200. The van der Waals surface area contributed by atoms with Crippen LogP contribution in [0.15, 0.2) is 30.6 Å². The molecule has 0 bridgehead atoms. The maximum Gasteiger partial charge on any atom is 0.168 e. The zero-order chi connectivity index (χ0) is 14.1. The molecule has 0 saturated heterocycles. The lowest BCUT2D eigenvalue weighted by molar-refractivity contribution is 0.0992. The number of rotatable bonds is 3. The van der Waals surface area contributed by atoms with Gasteiger partial charge in [-0.2, -0.15) is 0 Å². The summed E-state index contributed by atoms with van der Waals surface area (Å²) in [6.07, 6.45) is 4.06. The molecule has 2 heterocycles. The van der Waals surface area contributed by atoms with Gasteiger partial charge in [0, 0.05) is 41.4 Å². The third kappa shape index (κ3) is 2.51. The number of nitrogens with zero attached hydrogens (tertiary/aromatic N) is 1. The summed E-state index contributed by atoms with van der Waals surface area (Å²) in [5.41, 5.74) is 2.33. The molecule has 3 nitrogen and oxygen atoms in total. The summed E-state index contributed by atoms with van der Waals surface area (Å²) in [7, 11) is 0. The second-order valence-corrected chi connectivity index (χ2v) is 5.45. The lowest BCUT2D eigenvalue weighted by Crippen LogP contribution is -2.06. The third-order valence-electron chi connectivity index (χ3n) is 3.25. The van der Waals surface area contributed by atoms with Crippen molar-refractivity contribution in [3.05, 3.63) is 57.3 Å². The fourth-order valence-electron chi connectivity index (χ4n) is 2.35. The average molecular weight is 308 g/mol. The summed E-state index contributed by atoms with van der Waals surface area (Å²) in [4.78, 5) is 16.2. The first-order valence-electron chi connectivity index (χ1n) is 6.22. The smallest absolute Gasteiger partial charge is 0.168 e. The molecule has 20 heavy (non-hydrogen) atoms. The maximum absolute atomic E-state index is 12.3. The molecule has 1 aliphatic rings. The molecule has 3 rings (SSSR count). The molecule has 0 fully saturated rings. The minimum absolute atomic E-state index is 0.0719. The molecule has 0 N–H and O–H groups in total. The Hall–Kier alpha value is -1.58. The highest BCUT2D eigenvalue weighted by molar-refractivity contribution is 6.34. The minimum Gasteiger partial charge on any atom is -0.493 e. The van der Waals surface area contributed by atoms with Gasteiger partial charge in [0.2, 0.25) is 0 Å². The summed E-state index contributed by atoms with van der Waals surface area (Å²) >= 11 is 12.1. The minimum atomic E-state index is -0.0719. The number of hydrogen-bond acceptors (Lipinski definition) is 3. The Balaban J connectivity index is 1.93. The van der Waals surface area contributed by atoms with Crippen molar-refractivity contribution in [3.63, 3.8) is 0 Å². The van der Waals surface area contributed by atoms with E-state index in [0.29, 0.717) is 22.2 Å². The fourth-order valence-corrected chi connectivity index (χ4v) is 2.84. The predicted molar refractivity (Wildman–Crippen MR) is 77.9 cm³/mol. The van der Waals surface area contributed by atoms with E-state index in [1.54, 1.807) is 18.3 Å². The molecule has 0 aliphatic carbocycles. The highest BCUT2D eigenvalue weighted by Crippen LogP contribution is 2.33. The van der Waals surface area contributed by atoms with Crippen molar-refractivity contribution in [2.24, 2.45) is 0 Å². The van der Waals surface area contributed by atoms with Crippen LogP contribution in [0, 0.1) is 0 Å². The number of ether oxygens (including phenoxy) is 1. The zero-order valence-electron chi connectivity index (χ0n) is 10.5. The van der Waals surface area contributed by atoms with Gasteiger partial charge in [-0.1, -0.05) is 23.2 Å². The van der Waals surface area contributed by atoms with E-state index in [2.05, 4.69) is 4.98 Å². The van der Waals surface area contributed by atoms with Crippen LogP contribution >= 0.6 is 23.2 Å². The normalized spacial score (nSPS) is 12.9. The second kappa shape index (κ2) is 5.43. The van der Waals surface area contributed by atoms with Crippen LogP contribution in [0.25, 0.3) is 0 Å². The van der Waals surface area contributed by atoms with E-state index >= 15 is 0 Å². The number of Topliss-reactive ketones (excluding diaryl/α,β-unsaturated/α-hetero) is 1. The van der Waals surface area contributed by atoms with Gasteiger partial charge in [0.25, 0.3) is 0 Å². The van der Waals surface area contributed by atoms with Gasteiger partial charge >= 0.3 is 0 Å². The standard InChI is InChI=1S/C15H11Cl2NO2/c16-11-5-9-2-4-20-15(9)10(6-11)7-14(19)12-1-3-18-8-13(12)17/h1,3,5-6,8H,2,4,7H2. The van der Waals surface area contributed by atoms with Crippen molar-refractivity contribution in [2.75, 3.05) is 6.61 Å². The quantitative estimate of drug-likeness (QED) is 0.811. The van der Waals surface area contributed by atoms with Gasteiger partial charge in [-0.05, 0) is 23.8 Å². The highest BCUT2D eigenvalue weighted by atomic mass is 35.5. The molecular weight excluding hydrogens is 297 g/mol. The van der Waals surface area contributed by atoms with Crippen LogP contribution < -0.4 is 4.74 Å². The van der Waals surface area contributed by atoms with Gasteiger partial charge in [0.1, 0.15) is 5.75 Å². The maximum atomic E-state index is 12.3. The van der Waals surface area contributed by atoms with Crippen molar-refractivity contribution in [3.8, 4) is 5.75 Å². The number of pyridine rings is 1. The van der Waals surface area contributed by atoms with Gasteiger partial charge in [-0.3, -0.25) is 9.78 Å². The Morgan fingerprint density at radius 3 is 3.00 bits per heavy atom. The Bertz CT molecular complexity index is 686. The highest BCUT2D eigenvalue weighted by Gasteiger charge is 2.20. The second-order valence-electron chi connectivity index (χ2n) is 4.61. The number of ketones is 1. The molecule has 0 amide bonds. The molecule has 1 aliphatic heterocycles. The summed E-state index contributed by atoms with van der Waals surface area (Å²) < 4.78 is 5.60. The van der Waals surface area contributed by atoms with Crippen molar-refractivity contribution < 1.29 is 9.53 Å². The van der Waals surface area contributed by atoms with Gasteiger partial charge < -0.3 is 4.74 Å². The Kier molecular flexibility index (Phi) is 3.64. The van der Waals surface area contributed by atoms with Crippen LogP contribution in [0.3, 0.4) is 0 Å². The van der Waals surface area contributed by atoms with Crippen LogP contribution in [0.4, 0.5) is 0 Å². The van der Waals surface area contributed by atoms with Crippen LogP contribution in [-0.2, 0) is 12.8 Å². The predicted octanol–water partition coefficient (Wildman–Crippen LogP) is 3.75. The van der Waals surface area contributed by atoms with E-state index in [1.165, 1.54) is 6.20 Å². The molecule has 102 valence electrons. The summed E-state index contributed by atoms with van der Waals surface area (Å²) in [5, 5.41) is 0.981. The summed E-state index contributed by atoms with van der Waals surface area (Å²) in [5.74, 6) is 0.713. The number of hydrogen-bond donors (Lipinski definition) is 0. The lowest BCUT2D eigenvalue weighted by Gasteiger charge is -2.09. The van der Waals surface area contributed by atoms with Crippen molar-refractivity contribution in [1.29, 1.82) is 0 Å². The lowest BCUT2D eigenvalue weighted by atomic mass is 10.0. The number of carbonyl (C=O) groups is 1. The number of benzene rings is 1. The number of carbonyl (C=O) groups excluding carboxylic acids is 1. The van der Waals surface area contributed by atoms with E-state index in [4.69, 9.17) is 27.9 Å². The van der Waals surface area contributed by atoms with E-state index in [0.717, 1.165) is 23.3 Å².